The normalized spacial score (nSPS) is 11.7. The van der Waals surface area contributed by atoms with Gasteiger partial charge in [0.15, 0.2) is 0 Å². The van der Waals surface area contributed by atoms with E-state index in [1.807, 2.05) is 0 Å². The lowest BCUT2D eigenvalue weighted by atomic mass is 10.1. The van der Waals surface area contributed by atoms with Crippen LogP contribution >= 0.6 is 0 Å². The van der Waals surface area contributed by atoms with Crippen LogP contribution in [0.5, 0.6) is 0 Å². The molecule has 3 aromatic rings. The quantitative estimate of drug-likeness (QED) is 0.469. The van der Waals surface area contributed by atoms with Gasteiger partial charge in [0.1, 0.15) is 17.2 Å². The Balaban J connectivity index is 2.31. The molecule has 0 fully saturated rings. The molecule has 3 rings (SSSR count). The molecule has 0 bridgehead atoms. The van der Waals surface area contributed by atoms with Crippen LogP contribution in [-0.2, 0) is 17.5 Å². The highest BCUT2D eigenvalue weighted by atomic mass is 19.4. The third-order valence-corrected chi connectivity index (χ3v) is 4.28. The van der Waals surface area contributed by atoms with E-state index in [0.717, 1.165) is 22.9 Å². The molecular formula is C20H14F5NO3. The molecule has 0 saturated carbocycles. The van der Waals surface area contributed by atoms with Gasteiger partial charge in [0.05, 0.1) is 23.1 Å². The van der Waals surface area contributed by atoms with E-state index < -0.39 is 57.8 Å². The lowest BCUT2D eigenvalue weighted by Gasteiger charge is -2.17. The van der Waals surface area contributed by atoms with Crippen LogP contribution < -0.4 is 5.43 Å². The number of hydrogen-bond acceptors (Lipinski definition) is 3. The fraction of sp³-hybridized carbons (Fsp3) is 0.200. The zero-order chi connectivity index (χ0) is 21.3. The lowest BCUT2D eigenvalue weighted by molar-refractivity contribution is -0.138. The highest BCUT2D eigenvalue weighted by Crippen LogP contribution is 2.32. The summed E-state index contributed by atoms with van der Waals surface area (Å²) in [6.45, 7) is 0.843. The number of carbonyl (C=O) groups excluding carboxylic acids is 1. The van der Waals surface area contributed by atoms with E-state index in [4.69, 9.17) is 4.74 Å². The van der Waals surface area contributed by atoms with Crippen molar-refractivity contribution >= 4 is 16.9 Å². The van der Waals surface area contributed by atoms with E-state index in [2.05, 4.69) is 0 Å². The maximum atomic E-state index is 14.5. The highest BCUT2D eigenvalue weighted by molar-refractivity contribution is 5.94. The number of carbonyl (C=O) groups is 1. The molecule has 0 aliphatic rings. The Morgan fingerprint density at radius 3 is 2.38 bits per heavy atom. The molecule has 0 saturated heterocycles. The topological polar surface area (TPSA) is 48.3 Å². The molecule has 0 N–H and O–H groups in total. The van der Waals surface area contributed by atoms with Crippen molar-refractivity contribution in [3.63, 3.8) is 0 Å². The van der Waals surface area contributed by atoms with E-state index in [-0.39, 0.29) is 12.2 Å². The number of esters is 1. The molecule has 29 heavy (non-hydrogen) atoms. The van der Waals surface area contributed by atoms with Crippen molar-refractivity contribution in [2.75, 3.05) is 6.61 Å². The SMILES string of the molecule is CCOC(=O)c1cn(Cc2ccccc2C(F)(F)F)c2c(F)ccc(F)c2c1=O. The number of pyridine rings is 1. The molecule has 0 aliphatic heterocycles. The number of benzene rings is 2. The van der Waals surface area contributed by atoms with E-state index in [1.54, 1.807) is 0 Å². The minimum Gasteiger partial charge on any atom is -0.462 e. The van der Waals surface area contributed by atoms with Crippen molar-refractivity contribution < 1.29 is 31.5 Å². The Bertz CT molecular complexity index is 1150. The smallest absolute Gasteiger partial charge is 0.416 e. The second kappa shape index (κ2) is 7.65. The summed E-state index contributed by atoms with van der Waals surface area (Å²) in [5.41, 5.74) is -3.46. The van der Waals surface area contributed by atoms with Gasteiger partial charge < -0.3 is 9.30 Å². The molecule has 0 aliphatic carbocycles. The summed E-state index contributed by atoms with van der Waals surface area (Å²) in [5, 5.41) is -0.736. The van der Waals surface area contributed by atoms with Gasteiger partial charge in [-0.1, -0.05) is 18.2 Å². The zero-order valence-electron chi connectivity index (χ0n) is 15.0. The van der Waals surface area contributed by atoms with Gasteiger partial charge in [-0.15, -0.1) is 0 Å². The first-order chi connectivity index (χ1) is 13.6. The van der Waals surface area contributed by atoms with Crippen LogP contribution in [0.3, 0.4) is 0 Å². The average Bonchev–Trinajstić information content (AvgIpc) is 2.65. The van der Waals surface area contributed by atoms with Gasteiger partial charge >= 0.3 is 12.1 Å². The van der Waals surface area contributed by atoms with Gasteiger partial charge in [-0.2, -0.15) is 13.2 Å². The standard InChI is InChI=1S/C20H14F5NO3/c1-2-29-19(28)12-10-26(9-11-5-3-4-6-13(11)20(23,24)25)17-15(22)8-7-14(21)16(17)18(12)27/h3-8,10H,2,9H2,1H3. The summed E-state index contributed by atoms with van der Waals surface area (Å²) in [6.07, 6.45) is -3.79. The summed E-state index contributed by atoms with van der Waals surface area (Å²) in [5.74, 6) is -3.20. The van der Waals surface area contributed by atoms with Crippen molar-refractivity contribution in [3.05, 3.63) is 81.1 Å². The first-order valence-electron chi connectivity index (χ1n) is 8.48. The molecule has 9 heteroatoms. The molecule has 1 aromatic heterocycles. The fourth-order valence-corrected chi connectivity index (χ4v) is 3.05. The maximum absolute atomic E-state index is 14.5. The predicted molar refractivity (Wildman–Crippen MR) is 94.6 cm³/mol. The van der Waals surface area contributed by atoms with Crippen molar-refractivity contribution in [1.29, 1.82) is 0 Å². The minimum atomic E-state index is -4.68. The molecule has 2 aromatic carbocycles. The van der Waals surface area contributed by atoms with E-state index >= 15 is 0 Å². The monoisotopic (exact) mass is 411 g/mol. The molecule has 0 amide bonds. The van der Waals surface area contributed by atoms with Gasteiger partial charge in [-0.25, -0.2) is 13.6 Å². The number of ether oxygens (including phenoxy) is 1. The van der Waals surface area contributed by atoms with Crippen molar-refractivity contribution in [1.82, 2.24) is 4.57 Å². The van der Waals surface area contributed by atoms with Crippen LogP contribution in [0.1, 0.15) is 28.4 Å². The Morgan fingerprint density at radius 2 is 1.72 bits per heavy atom. The van der Waals surface area contributed by atoms with Crippen LogP contribution in [-0.4, -0.2) is 17.1 Å². The molecule has 0 unspecified atom stereocenters. The lowest BCUT2D eigenvalue weighted by Crippen LogP contribution is -2.23. The highest BCUT2D eigenvalue weighted by Gasteiger charge is 2.33. The number of fused-ring (bicyclic) bond motifs is 1. The van der Waals surface area contributed by atoms with Gasteiger partial charge in [0.25, 0.3) is 0 Å². The second-order valence-corrected chi connectivity index (χ2v) is 6.13. The zero-order valence-corrected chi connectivity index (χ0v) is 15.0. The van der Waals surface area contributed by atoms with Crippen LogP contribution in [0.25, 0.3) is 10.9 Å². The van der Waals surface area contributed by atoms with Gasteiger partial charge in [0, 0.05) is 12.7 Å². The number of rotatable bonds is 4. The summed E-state index contributed by atoms with van der Waals surface area (Å²) >= 11 is 0. The molecule has 4 nitrogen and oxygen atoms in total. The number of alkyl halides is 3. The molecule has 0 spiro atoms. The Kier molecular flexibility index (Phi) is 5.41. The maximum Gasteiger partial charge on any atom is 0.416 e. The van der Waals surface area contributed by atoms with E-state index in [1.165, 1.54) is 25.1 Å². The first kappa shape index (κ1) is 20.5. The number of hydrogen-bond donors (Lipinski definition) is 0. The molecule has 0 radical (unpaired) electrons. The van der Waals surface area contributed by atoms with Crippen molar-refractivity contribution in [2.45, 2.75) is 19.6 Å². The summed E-state index contributed by atoms with van der Waals surface area (Å²) in [4.78, 5) is 24.7. The number of aromatic nitrogens is 1. The summed E-state index contributed by atoms with van der Waals surface area (Å²) in [7, 11) is 0. The summed E-state index contributed by atoms with van der Waals surface area (Å²) < 4.78 is 74.4. The van der Waals surface area contributed by atoms with Crippen LogP contribution in [0.4, 0.5) is 22.0 Å². The molecule has 0 atom stereocenters. The number of nitrogens with zero attached hydrogens (tertiary/aromatic N) is 1. The number of halogens is 5. The Hall–Kier alpha value is -3.23. The van der Waals surface area contributed by atoms with Crippen molar-refractivity contribution in [3.8, 4) is 0 Å². The third kappa shape index (κ3) is 3.85. The van der Waals surface area contributed by atoms with Gasteiger partial charge in [-0.3, -0.25) is 4.79 Å². The van der Waals surface area contributed by atoms with Crippen molar-refractivity contribution in [2.24, 2.45) is 0 Å². The van der Waals surface area contributed by atoms with E-state index in [0.29, 0.717) is 6.07 Å². The Labute approximate surface area is 161 Å². The van der Waals surface area contributed by atoms with Crippen LogP contribution in [0, 0.1) is 11.6 Å². The second-order valence-electron chi connectivity index (χ2n) is 6.13. The predicted octanol–water partition coefficient (Wildman–Crippen LogP) is 4.52. The minimum absolute atomic E-state index is 0.0845. The van der Waals surface area contributed by atoms with Gasteiger partial charge in [-0.05, 0) is 30.7 Å². The summed E-state index contributed by atoms with van der Waals surface area (Å²) in [6, 6.07) is 6.05. The molecule has 1 heterocycles. The largest absolute Gasteiger partial charge is 0.462 e. The van der Waals surface area contributed by atoms with E-state index in [9.17, 15) is 31.5 Å². The fourth-order valence-electron chi connectivity index (χ4n) is 3.05. The van der Waals surface area contributed by atoms with Crippen LogP contribution in [0.15, 0.2) is 47.4 Å². The average molecular weight is 411 g/mol. The first-order valence-corrected chi connectivity index (χ1v) is 8.48. The van der Waals surface area contributed by atoms with Gasteiger partial charge in [0.2, 0.25) is 5.43 Å². The Morgan fingerprint density at radius 1 is 1.07 bits per heavy atom. The molecule has 152 valence electrons. The molecular weight excluding hydrogens is 397 g/mol. The van der Waals surface area contributed by atoms with Crippen LogP contribution in [0.2, 0.25) is 0 Å². The third-order valence-electron chi connectivity index (χ3n) is 4.28.